The molecule has 2 aromatic rings. The van der Waals surface area contributed by atoms with Gasteiger partial charge in [0.1, 0.15) is 6.04 Å². The summed E-state index contributed by atoms with van der Waals surface area (Å²) in [4.78, 5) is 4.49. The van der Waals surface area contributed by atoms with Crippen LogP contribution in [0.4, 0.5) is 0 Å². The van der Waals surface area contributed by atoms with Crippen LogP contribution in [0.3, 0.4) is 0 Å². The lowest BCUT2D eigenvalue weighted by atomic mass is 9.95. The highest BCUT2D eigenvalue weighted by molar-refractivity contribution is 6.32. The fourth-order valence-corrected chi connectivity index (χ4v) is 2.84. The zero-order valence-electron chi connectivity index (χ0n) is 10.1. The molecule has 0 amide bonds. The first-order chi connectivity index (χ1) is 9.27. The SMILES string of the molecule is Clc1ccccc1[C@H]1NC=N[C@H]1c1ccccc1Cl. The Morgan fingerprint density at radius 1 is 0.842 bits per heavy atom. The molecule has 0 spiro atoms. The van der Waals surface area contributed by atoms with Crippen LogP contribution in [0.25, 0.3) is 0 Å². The largest absolute Gasteiger partial charge is 0.367 e. The van der Waals surface area contributed by atoms with Crippen LogP contribution in [0, 0.1) is 0 Å². The van der Waals surface area contributed by atoms with E-state index >= 15 is 0 Å². The second kappa shape index (κ2) is 5.24. The molecule has 0 saturated carbocycles. The van der Waals surface area contributed by atoms with Gasteiger partial charge in [-0.2, -0.15) is 0 Å². The summed E-state index contributed by atoms with van der Waals surface area (Å²) < 4.78 is 0. The number of halogens is 2. The highest BCUT2D eigenvalue weighted by Gasteiger charge is 2.29. The van der Waals surface area contributed by atoms with Crippen LogP contribution in [0.15, 0.2) is 53.5 Å². The second-order valence-electron chi connectivity index (χ2n) is 4.41. The first-order valence-corrected chi connectivity index (χ1v) is 6.79. The number of nitrogens with one attached hydrogen (secondary N) is 1. The molecule has 0 unspecified atom stereocenters. The standard InChI is InChI=1S/C15H12Cl2N2/c16-12-7-3-1-5-10(12)14-15(19-9-18-14)11-6-2-4-8-13(11)17/h1-9,14-15H,(H,18,19)/t14-,15+. The molecular weight excluding hydrogens is 279 g/mol. The zero-order valence-corrected chi connectivity index (χ0v) is 11.6. The monoisotopic (exact) mass is 290 g/mol. The average molecular weight is 291 g/mol. The highest BCUT2D eigenvalue weighted by atomic mass is 35.5. The van der Waals surface area contributed by atoms with Crippen LogP contribution in [0.2, 0.25) is 10.0 Å². The molecule has 0 fully saturated rings. The number of hydrogen-bond acceptors (Lipinski definition) is 2. The van der Waals surface area contributed by atoms with E-state index in [1.807, 2.05) is 48.5 Å². The Bertz CT molecular complexity index is 625. The smallest absolute Gasteiger partial charge is 0.102 e. The predicted octanol–water partition coefficient (Wildman–Crippen LogP) is 4.41. The molecule has 96 valence electrons. The van der Waals surface area contributed by atoms with Crippen LogP contribution >= 0.6 is 23.2 Å². The number of aliphatic imine (C=N–C) groups is 1. The zero-order chi connectivity index (χ0) is 13.2. The summed E-state index contributed by atoms with van der Waals surface area (Å²) in [6, 6.07) is 15.6. The van der Waals surface area contributed by atoms with Gasteiger partial charge in [0, 0.05) is 10.0 Å². The highest BCUT2D eigenvalue weighted by Crippen LogP contribution is 2.39. The molecule has 0 aliphatic carbocycles. The number of hydrogen-bond donors (Lipinski definition) is 1. The van der Waals surface area contributed by atoms with Gasteiger partial charge in [-0.05, 0) is 23.3 Å². The van der Waals surface area contributed by atoms with Gasteiger partial charge in [0.05, 0.1) is 12.4 Å². The van der Waals surface area contributed by atoms with Crippen molar-refractivity contribution in [3.05, 3.63) is 69.7 Å². The lowest BCUT2D eigenvalue weighted by molar-refractivity contribution is 0.574. The van der Waals surface area contributed by atoms with Crippen LogP contribution in [-0.4, -0.2) is 6.34 Å². The lowest BCUT2D eigenvalue weighted by Gasteiger charge is -2.21. The predicted molar refractivity (Wildman–Crippen MR) is 80.0 cm³/mol. The van der Waals surface area contributed by atoms with E-state index in [0.29, 0.717) is 0 Å². The van der Waals surface area contributed by atoms with E-state index in [2.05, 4.69) is 10.3 Å². The van der Waals surface area contributed by atoms with E-state index in [0.717, 1.165) is 21.2 Å². The Morgan fingerprint density at radius 2 is 1.42 bits per heavy atom. The van der Waals surface area contributed by atoms with Crippen molar-refractivity contribution >= 4 is 29.5 Å². The summed E-state index contributed by atoms with van der Waals surface area (Å²) in [6.45, 7) is 0. The summed E-state index contributed by atoms with van der Waals surface area (Å²) >= 11 is 12.5. The van der Waals surface area contributed by atoms with Crippen LogP contribution in [0.1, 0.15) is 23.2 Å². The normalized spacial score (nSPS) is 21.4. The number of benzene rings is 2. The Labute approximate surface area is 122 Å². The van der Waals surface area contributed by atoms with Crippen molar-refractivity contribution in [1.82, 2.24) is 5.32 Å². The van der Waals surface area contributed by atoms with Gasteiger partial charge in [-0.1, -0.05) is 59.6 Å². The van der Waals surface area contributed by atoms with Gasteiger partial charge in [0.25, 0.3) is 0 Å². The summed E-state index contributed by atoms with van der Waals surface area (Å²) in [5, 5.41) is 4.72. The van der Waals surface area contributed by atoms with E-state index < -0.39 is 0 Å². The quantitative estimate of drug-likeness (QED) is 0.871. The molecule has 0 aromatic heterocycles. The lowest BCUT2D eigenvalue weighted by Crippen LogP contribution is -2.18. The summed E-state index contributed by atoms with van der Waals surface area (Å²) in [5.74, 6) is 0. The van der Waals surface area contributed by atoms with E-state index in [-0.39, 0.29) is 12.1 Å². The fourth-order valence-electron chi connectivity index (χ4n) is 2.34. The third kappa shape index (κ3) is 2.34. The Morgan fingerprint density at radius 3 is 2.05 bits per heavy atom. The molecule has 1 N–H and O–H groups in total. The minimum atomic E-state index is -0.0476. The third-order valence-corrected chi connectivity index (χ3v) is 3.96. The van der Waals surface area contributed by atoms with Crippen molar-refractivity contribution in [3.63, 3.8) is 0 Å². The van der Waals surface area contributed by atoms with E-state index in [9.17, 15) is 0 Å². The number of rotatable bonds is 2. The maximum Gasteiger partial charge on any atom is 0.102 e. The molecule has 2 aromatic carbocycles. The summed E-state index contributed by atoms with van der Waals surface area (Å²) in [5.41, 5.74) is 2.04. The molecule has 3 rings (SSSR count). The van der Waals surface area contributed by atoms with Crippen LogP contribution in [0.5, 0.6) is 0 Å². The van der Waals surface area contributed by atoms with Crippen molar-refractivity contribution in [2.24, 2.45) is 4.99 Å². The first-order valence-electron chi connectivity index (χ1n) is 6.04. The van der Waals surface area contributed by atoms with E-state index in [1.54, 1.807) is 6.34 Å². The van der Waals surface area contributed by atoms with Gasteiger partial charge in [0.15, 0.2) is 0 Å². The summed E-state index contributed by atoms with van der Waals surface area (Å²) in [6.07, 6.45) is 1.72. The van der Waals surface area contributed by atoms with Gasteiger partial charge in [0.2, 0.25) is 0 Å². The average Bonchev–Trinajstić information content (AvgIpc) is 2.89. The van der Waals surface area contributed by atoms with E-state index in [4.69, 9.17) is 23.2 Å². The van der Waals surface area contributed by atoms with Gasteiger partial charge < -0.3 is 5.32 Å². The van der Waals surface area contributed by atoms with Gasteiger partial charge in [-0.25, -0.2) is 0 Å². The molecular formula is C15H12Cl2N2. The third-order valence-electron chi connectivity index (χ3n) is 3.27. The van der Waals surface area contributed by atoms with E-state index in [1.165, 1.54) is 0 Å². The molecule has 1 heterocycles. The maximum absolute atomic E-state index is 6.27. The first kappa shape index (κ1) is 12.5. The second-order valence-corrected chi connectivity index (χ2v) is 5.22. The molecule has 19 heavy (non-hydrogen) atoms. The van der Waals surface area contributed by atoms with Crippen LogP contribution in [-0.2, 0) is 0 Å². The Hall–Kier alpha value is -1.51. The topological polar surface area (TPSA) is 24.4 Å². The Balaban J connectivity index is 2.01. The minimum Gasteiger partial charge on any atom is -0.367 e. The van der Waals surface area contributed by atoms with Gasteiger partial charge >= 0.3 is 0 Å². The summed E-state index contributed by atoms with van der Waals surface area (Å²) in [7, 11) is 0. The van der Waals surface area contributed by atoms with Crippen molar-refractivity contribution < 1.29 is 0 Å². The molecule has 4 heteroatoms. The molecule has 0 saturated heterocycles. The molecule has 0 radical (unpaired) electrons. The van der Waals surface area contributed by atoms with Crippen molar-refractivity contribution in [2.45, 2.75) is 12.1 Å². The van der Waals surface area contributed by atoms with Crippen molar-refractivity contribution in [3.8, 4) is 0 Å². The maximum atomic E-state index is 6.27. The molecule has 1 aliphatic heterocycles. The molecule has 2 atom stereocenters. The van der Waals surface area contributed by atoms with Crippen LogP contribution < -0.4 is 5.32 Å². The number of nitrogens with zero attached hydrogens (tertiary/aromatic N) is 1. The van der Waals surface area contributed by atoms with Gasteiger partial charge in [-0.3, -0.25) is 4.99 Å². The molecule has 2 nitrogen and oxygen atoms in total. The minimum absolute atomic E-state index is 0.0219. The fraction of sp³-hybridized carbons (Fsp3) is 0.133. The Kier molecular flexibility index (Phi) is 3.45. The molecule has 1 aliphatic rings. The van der Waals surface area contributed by atoms with Crippen molar-refractivity contribution in [1.29, 1.82) is 0 Å². The van der Waals surface area contributed by atoms with Gasteiger partial charge in [-0.15, -0.1) is 0 Å². The molecule has 0 bridgehead atoms. The van der Waals surface area contributed by atoms with Crippen molar-refractivity contribution in [2.75, 3.05) is 0 Å².